The lowest BCUT2D eigenvalue weighted by Gasteiger charge is -2.26. The third-order valence-corrected chi connectivity index (χ3v) is 4.91. The maximum Gasteiger partial charge on any atom is 0.319 e. The lowest BCUT2D eigenvalue weighted by molar-refractivity contribution is 0.0384. The minimum atomic E-state index is -0.177. The fraction of sp³-hybridized carbons (Fsp3) is 0.632. The van der Waals surface area contributed by atoms with Crippen molar-refractivity contribution in [1.29, 1.82) is 0 Å². The van der Waals surface area contributed by atoms with E-state index in [4.69, 9.17) is 9.47 Å². The average Bonchev–Trinajstić information content (AvgIpc) is 3.17. The van der Waals surface area contributed by atoms with Crippen LogP contribution in [0.4, 0.5) is 10.5 Å². The number of ether oxygens (including phenoxy) is 2. The molecule has 0 unspecified atom stereocenters. The lowest BCUT2D eigenvalue weighted by atomic mass is 10.1. The van der Waals surface area contributed by atoms with Gasteiger partial charge in [-0.2, -0.15) is 0 Å². The first-order chi connectivity index (χ1) is 12.2. The van der Waals surface area contributed by atoms with Crippen molar-refractivity contribution < 1.29 is 14.3 Å². The van der Waals surface area contributed by atoms with Crippen LogP contribution in [-0.4, -0.2) is 62.5 Å². The molecule has 0 aliphatic carbocycles. The Morgan fingerprint density at radius 1 is 1.24 bits per heavy atom. The second kappa shape index (κ2) is 9.17. The van der Waals surface area contributed by atoms with E-state index in [1.165, 1.54) is 5.56 Å². The van der Waals surface area contributed by atoms with Crippen molar-refractivity contribution in [2.75, 3.05) is 44.8 Å². The van der Waals surface area contributed by atoms with Gasteiger partial charge in [-0.15, -0.1) is 0 Å². The summed E-state index contributed by atoms with van der Waals surface area (Å²) in [6, 6.07) is 7.94. The fourth-order valence-corrected chi connectivity index (χ4v) is 3.33. The van der Waals surface area contributed by atoms with Crippen LogP contribution in [0.5, 0.6) is 0 Å². The molecular weight excluding hydrogens is 318 g/mol. The maximum absolute atomic E-state index is 12.1. The number of hydrogen-bond acceptors (Lipinski definition) is 4. The Morgan fingerprint density at radius 2 is 2.00 bits per heavy atom. The zero-order valence-corrected chi connectivity index (χ0v) is 15.0. The van der Waals surface area contributed by atoms with Crippen LogP contribution in [0.1, 0.15) is 25.3 Å². The largest absolute Gasteiger partial charge is 0.379 e. The number of morpholine rings is 1. The molecule has 3 rings (SSSR count). The van der Waals surface area contributed by atoms with Crippen molar-refractivity contribution in [1.82, 2.24) is 10.2 Å². The van der Waals surface area contributed by atoms with Gasteiger partial charge in [0.1, 0.15) is 0 Å². The first-order valence-corrected chi connectivity index (χ1v) is 9.29. The number of nitrogens with one attached hydrogen (secondary N) is 2. The smallest absolute Gasteiger partial charge is 0.319 e. The Kier molecular flexibility index (Phi) is 6.67. The van der Waals surface area contributed by atoms with Gasteiger partial charge in [-0.05, 0) is 43.9 Å². The Hall–Kier alpha value is -1.63. The fourth-order valence-electron chi connectivity index (χ4n) is 3.33. The Labute approximate surface area is 149 Å². The molecule has 0 saturated carbocycles. The highest BCUT2D eigenvalue weighted by Crippen LogP contribution is 2.16. The SMILES string of the molecule is C[C@@H](NC(=O)Nc1ccc(CCN2CCOCC2)cc1)[C@@H]1CCCO1. The topological polar surface area (TPSA) is 62.8 Å². The van der Waals surface area contributed by atoms with Gasteiger partial charge in [0.15, 0.2) is 0 Å². The van der Waals surface area contributed by atoms with Crippen molar-refractivity contribution in [3.05, 3.63) is 29.8 Å². The third-order valence-electron chi connectivity index (χ3n) is 4.91. The summed E-state index contributed by atoms with van der Waals surface area (Å²) in [7, 11) is 0. The van der Waals surface area contributed by atoms with E-state index in [9.17, 15) is 4.79 Å². The van der Waals surface area contributed by atoms with Gasteiger partial charge in [0.25, 0.3) is 0 Å². The van der Waals surface area contributed by atoms with E-state index < -0.39 is 0 Å². The third kappa shape index (κ3) is 5.70. The molecule has 1 aromatic rings. The molecule has 2 aliphatic rings. The van der Waals surface area contributed by atoms with Gasteiger partial charge >= 0.3 is 6.03 Å². The molecule has 0 bridgehead atoms. The summed E-state index contributed by atoms with van der Waals surface area (Å²) >= 11 is 0. The molecule has 6 heteroatoms. The standard InChI is InChI=1S/C19H29N3O3/c1-15(18-3-2-12-25-18)20-19(23)21-17-6-4-16(5-7-17)8-9-22-10-13-24-14-11-22/h4-7,15,18H,2-3,8-14H2,1H3,(H2,20,21,23)/t15-,18+/m1/s1. The first-order valence-electron chi connectivity index (χ1n) is 9.29. The van der Waals surface area contributed by atoms with Crippen LogP contribution in [0.15, 0.2) is 24.3 Å². The Morgan fingerprint density at radius 3 is 2.68 bits per heavy atom. The molecule has 2 saturated heterocycles. The predicted molar refractivity (Wildman–Crippen MR) is 98.0 cm³/mol. The van der Waals surface area contributed by atoms with Gasteiger partial charge in [0.2, 0.25) is 0 Å². The summed E-state index contributed by atoms with van der Waals surface area (Å²) < 4.78 is 11.0. The van der Waals surface area contributed by atoms with Crippen molar-refractivity contribution in [3.63, 3.8) is 0 Å². The van der Waals surface area contributed by atoms with Crippen molar-refractivity contribution in [3.8, 4) is 0 Å². The van der Waals surface area contributed by atoms with Crippen LogP contribution in [-0.2, 0) is 15.9 Å². The maximum atomic E-state index is 12.1. The number of anilines is 1. The summed E-state index contributed by atoms with van der Waals surface area (Å²) in [5.74, 6) is 0. The summed E-state index contributed by atoms with van der Waals surface area (Å²) in [5.41, 5.74) is 2.09. The number of carbonyl (C=O) groups is 1. The van der Waals surface area contributed by atoms with Gasteiger partial charge in [-0.25, -0.2) is 4.79 Å². The molecular formula is C19H29N3O3. The molecule has 1 aromatic carbocycles. The molecule has 2 fully saturated rings. The van der Waals surface area contributed by atoms with Crippen LogP contribution in [0.3, 0.4) is 0 Å². The van der Waals surface area contributed by atoms with E-state index >= 15 is 0 Å². The second-order valence-corrected chi connectivity index (χ2v) is 6.84. The van der Waals surface area contributed by atoms with E-state index in [0.717, 1.165) is 64.4 Å². The van der Waals surface area contributed by atoms with E-state index in [1.807, 2.05) is 19.1 Å². The summed E-state index contributed by atoms with van der Waals surface area (Å²) in [5, 5.41) is 5.86. The number of amides is 2. The molecule has 2 aliphatic heterocycles. The molecule has 2 amide bonds. The Balaban J connectivity index is 1.41. The number of urea groups is 1. The van der Waals surface area contributed by atoms with E-state index in [-0.39, 0.29) is 18.2 Å². The quantitative estimate of drug-likeness (QED) is 0.828. The zero-order chi connectivity index (χ0) is 17.5. The second-order valence-electron chi connectivity index (χ2n) is 6.84. The molecule has 0 radical (unpaired) electrons. The first kappa shape index (κ1) is 18.2. The number of carbonyl (C=O) groups excluding carboxylic acids is 1. The van der Waals surface area contributed by atoms with Crippen LogP contribution >= 0.6 is 0 Å². The predicted octanol–water partition coefficient (Wildman–Crippen LogP) is 2.25. The summed E-state index contributed by atoms with van der Waals surface area (Å²) in [6.07, 6.45) is 3.24. The molecule has 0 aromatic heterocycles. The van der Waals surface area contributed by atoms with Crippen molar-refractivity contribution in [2.45, 2.75) is 38.3 Å². The van der Waals surface area contributed by atoms with Crippen LogP contribution in [0, 0.1) is 0 Å². The van der Waals surface area contributed by atoms with Gasteiger partial charge in [-0.1, -0.05) is 12.1 Å². The van der Waals surface area contributed by atoms with Crippen LogP contribution in [0.25, 0.3) is 0 Å². The van der Waals surface area contributed by atoms with E-state index in [1.54, 1.807) is 0 Å². The average molecular weight is 347 g/mol. The monoisotopic (exact) mass is 347 g/mol. The number of benzene rings is 1. The molecule has 2 atom stereocenters. The lowest BCUT2D eigenvalue weighted by Crippen LogP contribution is -2.42. The normalized spacial score (nSPS) is 22.5. The number of hydrogen-bond donors (Lipinski definition) is 2. The minimum Gasteiger partial charge on any atom is -0.379 e. The highest BCUT2D eigenvalue weighted by molar-refractivity contribution is 5.89. The van der Waals surface area contributed by atoms with Crippen LogP contribution < -0.4 is 10.6 Å². The summed E-state index contributed by atoms with van der Waals surface area (Å²) in [4.78, 5) is 14.5. The minimum absolute atomic E-state index is 0.0234. The van der Waals surface area contributed by atoms with Crippen molar-refractivity contribution in [2.24, 2.45) is 0 Å². The van der Waals surface area contributed by atoms with Crippen LogP contribution in [0.2, 0.25) is 0 Å². The zero-order valence-electron chi connectivity index (χ0n) is 15.0. The van der Waals surface area contributed by atoms with Gasteiger partial charge in [0.05, 0.1) is 25.4 Å². The van der Waals surface area contributed by atoms with Gasteiger partial charge < -0.3 is 20.1 Å². The van der Waals surface area contributed by atoms with Gasteiger partial charge in [0, 0.05) is 31.9 Å². The number of nitrogens with zero attached hydrogens (tertiary/aromatic N) is 1. The highest BCUT2D eigenvalue weighted by atomic mass is 16.5. The highest BCUT2D eigenvalue weighted by Gasteiger charge is 2.23. The van der Waals surface area contributed by atoms with E-state index in [0.29, 0.717) is 0 Å². The molecule has 138 valence electrons. The Bertz CT molecular complexity index is 537. The molecule has 0 spiro atoms. The summed E-state index contributed by atoms with van der Waals surface area (Å²) in [6.45, 7) is 7.54. The van der Waals surface area contributed by atoms with E-state index in [2.05, 4.69) is 27.7 Å². The molecule has 2 heterocycles. The number of rotatable bonds is 6. The van der Waals surface area contributed by atoms with Gasteiger partial charge in [-0.3, -0.25) is 4.90 Å². The molecule has 25 heavy (non-hydrogen) atoms. The molecule has 2 N–H and O–H groups in total. The molecule has 6 nitrogen and oxygen atoms in total. The van der Waals surface area contributed by atoms with Crippen molar-refractivity contribution >= 4 is 11.7 Å².